The summed E-state index contributed by atoms with van der Waals surface area (Å²) in [7, 11) is 3.06. The molecule has 17 heavy (non-hydrogen) atoms. The molecule has 0 fully saturated rings. The van der Waals surface area contributed by atoms with Crippen molar-refractivity contribution in [2.45, 2.75) is 45.3 Å². The number of hydrazone groups is 1. The summed E-state index contributed by atoms with van der Waals surface area (Å²) in [5.74, 6) is 0. The predicted octanol–water partition coefficient (Wildman–Crippen LogP) is 1.60. The number of rotatable bonds is 9. The predicted molar refractivity (Wildman–Crippen MR) is 66.7 cm³/mol. The van der Waals surface area contributed by atoms with Crippen LogP contribution in [0.5, 0.6) is 0 Å². The molecule has 0 bridgehead atoms. The largest absolute Gasteiger partial charge is 0.351 e. The Morgan fingerprint density at radius 1 is 1.29 bits per heavy atom. The van der Waals surface area contributed by atoms with Crippen molar-refractivity contribution in [1.82, 2.24) is 5.43 Å². The Morgan fingerprint density at radius 3 is 2.41 bits per heavy atom. The Bertz CT molecular complexity index is 240. The second-order valence-electron chi connectivity index (χ2n) is 3.69. The van der Waals surface area contributed by atoms with Crippen LogP contribution in [0.2, 0.25) is 0 Å². The molecule has 0 spiro atoms. The number of unbranched alkanes of at least 4 members (excludes halogenated alkanes) is 3. The minimum absolute atomic E-state index is 0.538. The number of nitrogens with zero attached hydrogens (tertiary/aromatic N) is 1. The number of amides is 2. The molecule has 0 saturated carbocycles. The lowest BCUT2D eigenvalue weighted by atomic mass is 10.1. The van der Waals surface area contributed by atoms with Gasteiger partial charge in [0.2, 0.25) is 0 Å². The van der Waals surface area contributed by atoms with Gasteiger partial charge in [0.1, 0.15) is 0 Å². The normalized spacial score (nSPS) is 11.9. The van der Waals surface area contributed by atoms with Crippen LogP contribution in [0.25, 0.3) is 0 Å². The Balaban J connectivity index is 4.28. The molecule has 2 amide bonds. The van der Waals surface area contributed by atoms with Gasteiger partial charge in [-0.25, -0.2) is 10.2 Å². The fraction of sp³-hybridized carbons (Fsp3) is 0.818. The van der Waals surface area contributed by atoms with E-state index in [9.17, 15) is 4.79 Å². The van der Waals surface area contributed by atoms with Crippen LogP contribution in [0, 0.1) is 0 Å². The molecule has 3 N–H and O–H groups in total. The highest BCUT2D eigenvalue weighted by atomic mass is 16.7. The van der Waals surface area contributed by atoms with Crippen LogP contribution in [-0.4, -0.2) is 32.3 Å². The van der Waals surface area contributed by atoms with Gasteiger partial charge in [-0.1, -0.05) is 26.2 Å². The molecule has 6 nitrogen and oxygen atoms in total. The maximum Gasteiger partial charge on any atom is 0.332 e. The van der Waals surface area contributed by atoms with E-state index in [0.29, 0.717) is 12.1 Å². The first kappa shape index (κ1) is 15.9. The number of carbonyl (C=O) groups is 1. The molecule has 0 aliphatic carbocycles. The molecule has 6 heteroatoms. The third kappa shape index (κ3) is 7.70. The lowest BCUT2D eigenvalue weighted by Crippen LogP contribution is -2.31. The molecule has 0 aromatic rings. The summed E-state index contributed by atoms with van der Waals surface area (Å²) in [5, 5.41) is 3.90. The average Bonchev–Trinajstić information content (AvgIpc) is 2.31. The molecule has 0 heterocycles. The first-order chi connectivity index (χ1) is 8.15. The second kappa shape index (κ2) is 10.0. The number of primary amides is 1. The monoisotopic (exact) mass is 245 g/mol. The summed E-state index contributed by atoms with van der Waals surface area (Å²) in [4.78, 5) is 10.6. The molecule has 0 saturated heterocycles. The number of nitrogens with one attached hydrogen (secondary N) is 1. The van der Waals surface area contributed by atoms with Crippen LogP contribution >= 0.6 is 0 Å². The van der Waals surface area contributed by atoms with E-state index < -0.39 is 12.3 Å². The Labute approximate surface area is 103 Å². The molecule has 0 unspecified atom stereocenters. The standard InChI is InChI=1S/C11H23N3O3/c1-4-5-6-7-8-9(10(16-2)17-3)13-14-11(12)15/h10H,4-8H2,1-3H3,(H3,12,14,15). The summed E-state index contributed by atoms with van der Waals surface area (Å²) >= 11 is 0. The molecule has 0 aromatic heterocycles. The van der Waals surface area contributed by atoms with E-state index in [-0.39, 0.29) is 0 Å². The van der Waals surface area contributed by atoms with Gasteiger partial charge < -0.3 is 15.2 Å². The second-order valence-corrected chi connectivity index (χ2v) is 3.69. The van der Waals surface area contributed by atoms with Gasteiger partial charge in [-0.2, -0.15) is 5.10 Å². The van der Waals surface area contributed by atoms with E-state index in [1.807, 2.05) is 0 Å². The topological polar surface area (TPSA) is 85.9 Å². The summed E-state index contributed by atoms with van der Waals surface area (Å²) < 4.78 is 10.2. The summed E-state index contributed by atoms with van der Waals surface area (Å²) in [6.07, 6.45) is 4.63. The van der Waals surface area contributed by atoms with Gasteiger partial charge >= 0.3 is 6.03 Å². The molecule has 0 radical (unpaired) electrons. The highest BCUT2D eigenvalue weighted by molar-refractivity contribution is 5.88. The van der Waals surface area contributed by atoms with E-state index >= 15 is 0 Å². The van der Waals surface area contributed by atoms with Gasteiger partial charge in [-0.3, -0.25) is 0 Å². The Kier molecular flexibility index (Phi) is 9.37. The maximum absolute atomic E-state index is 10.6. The van der Waals surface area contributed by atoms with E-state index in [4.69, 9.17) is 15.2 Å². The third-order valence-corrected chi connectivity index (χ3v) is 2.30. The van der Waals surface area contributed by atoms with Gasteiger partial charge in [-0.15, -0.1) is 0 Å². The van der Waals surface area contributed by atoms with Crippen molar-refractivity contribution in [1.29, 1.82) is 0 Å². The SMILES string of the molecule is CCCCCCC(=NNC(N)=O)C(OC)OC. The number of urea groups is 1. The first-order valence-electron chi connectivity index (χ1n) is 5.83. The molecule has 0 rings (SSSR count). The number of hydrogen-bond donors (Lipinski definition) is 2. The lowest BCUT2D eigenvalue weighted by molar-refractivity contribution is -0.0535. The minimum atomic E-state index is -0.693. The van der Waals surface area contributed by atoms with E-state index in [1.54, 1.807) is 0 Å². The minimum Gasteiger partial charge on any atom is -0.351 e. The van der Waals surface area contributed by atoms with Crippen molar-refractivity contribution in [2.75, 3.05) is 14.2 Å². The zero-order valence-electron chi connectivity index (χ0n) is 10.9. The van der Waals surface area contributed by atoms with E-state index in [1.165, 1.54) is 27.1 Å². The molecule has 0 aliphatic heterocycles. The Hall–Kier alpha value is -1.14. The summed E-state index contributed by atoms with van der Waals surface area (Å²) in [6, 6.07) is -0.693. The van der Waals surface area contributed by atoms with Crippen molar-refractivity contribution < 1.29 is 14.3 Å². The van der Waals surface area contributed by atoms with Crippen molar-refractivity contribution in [3.8, 4) is 0 Å². The molecular formula is C11H23N3O3. The van der Waals surface area contributed by atoms with Crippen LogP contribution in [0.3, 0.4) is 0 Å². The third-order valence-electron chi connectivity index (χ3n) is 2.30. The zero-order chi connectivity index (χ0) is 13.1. The van der Waals surface area contributed by atoms with Crippen LogP contribution in [0.4, 0.5) is 4.79 Å². The van der Waals surface area contributed by atoms with Crippen molar-refractivity contribution >= 4 is 11.7 Å². The van der Waals surface area contributed by atoms with E-state index in [2.05, 4.69) is 17.5 Å². The number of ether oxygens (including phenoxy) is 2. The van der Waals surface area contributed by atoms with Crippen LogP contribution < -0.4 is 11.2 Å². The van der Waals surface area contributed by atoms with Gasteiger partial charge in [0.25, 0.3) is 0 Å². The van der Waals surface area contributed by atoms with Crippen molar-refractivity contribution in [3.05, 3.63) is 0 Å². The highest BCUT2D eigenvalue weighted by Gasteiger charge is 2.14. The number of carbonyl (C=O) groups excluding carboxylic acids is 1. The highest BCUT2D eigenvalue weighted by Crippen LogP contribution is 2.07. The smallest absolute Gasteiger partial charge is 0.332 e. The van der Waals surface area contributed by atoms with E-state index in [0.717, 1.165) is 12.8 Å². The first-order valence-corrected chi connectivity index (χ1v) is 5.83. The molecule has 0 aliphatic rings. The molecular weight excluding hydrogens is 222 g/mol. The number of methoxy groups -OCH3 is 2. The van der Waals surface area contributed by atoms with Gasteiger partial charge in [0.05, 0.1) is 5.71 Å². The Morgan fingerprint density at radius 2 is 1.94 bits per heavy atom. The molecule has 100 valence electrons. The van der Waals surface area contributed by atoms with Gasteiger partial charge in [0.15, 0.2) is 6.29 Å². The van der Waals surface area contributed by atoms with Gasteiger partial charge in [0, 0.05) is 14.2 Å². The maximum atomic E-state index is 10.6. The molecule has 0 atom stereocenters. The van der Waals surface area contributed by atoms with Crippen molar-refractivity contribution in [3.63, 3.8) is 0 Å². The van der Waals surface area contributed by atoms with Crippen LogP contribution in [0.15, 0.2) is 5.10 Å². The lowest BCUT2D eigenvalue weighted by Gasteiger charge is -2.15. The van der Waals surface area contributed by atoms with Crippen molar-refractivity contribution in [2.24, 2.45) is 10.8 Å². The fourth-order valence-corrected chi connectivity index (χ4v) is 1.45. The zero-order valence-corrected chi connectivity index (χ0v) is 10.9. The number of hydrogen-bond acceptors (Lipinski definition) is 4. The number of nitrogens with two attached hydrogens (primary N) is 1. The summed E-state index contributed by atoms with van der Waals surface area (Å²) in [6.45, 7) is 2.15. The fourth-order valence-electron chi connectivity index (χ4n) is 1.45. The quantitative estimate of drug-likeness (QED) is 0.280. The average molecular weight is 245 g/mol. The van der Waals surface area contributed by atoms with Crippen LogP contribution in [0.1, 0.15) is 39.0 Å². The molecule has 0 aromatic carbocycles. The van der Waals surface area contributed by atoms with Gasteiger partial charge in [-0.05, 0) is 12.8 Å². The van der Waals surface area contributed by atoms with Crippen LogP contribution in [-0.2, 0) is 9.47 Å². The summed E-state index contributed by atoms with van der Waals surface area (Å²) in [5.41, 5.74) is 7.81.